The Bertz CT molecular complexity index is 450. The summed E-state index contributed by atoms with van der Waals surface area (Å²) in [5.74, 6) is 1.75. The van der Waals surface area contributed by atoms with Gasteiger partial charge in [0.15, 0.2) is 0 Å². The Morgan fingerprint density at radius 1 is 1.29 bits per heavy atom. The molecule has 0 aliphatic heterocycles. The summed E-state index contributed by atoms with van der Waals surface area (Å²) in [4.78, 5) is 0. The first-order valence-electron chi connectivity index (χ1n) is 6.34. The highest BCUT2D eigenvalue weighted by atomic mass is 16.5. The fourth-order valence-electron chi connectivity index (χ4n) is 2.39. The molecule has 17 heavy (non-hydrogen) atoms. The second-order valence-corrected chi connectivity index (χ2v) is 4.94. The second kappa shape index (κ2) is 4.40. The molecule has 1 aromatic carbocycles. The van der Waals surface area contributed by atoms with Gasteiger partial charge in [-0.25, -0.2) is 0 Å². The molecular formula is C14H17NO2. The van der Waals surface area contributed by atoms with E-state index in [1.165, 1.54) is 18.4 Å². The molecule has 0 amide bonds. The predicted molar refractivity (Wildman–Crippen MR) is 65.9 cm³/mol. The number of hydrogen-bond acceptors (Lipinski definition) is 3. The fraction of sp³-hybridized carbons (Fsp3) is 0.500. The Labute approximate surface area is 101 Å². The number of nitrogens with zero attached hydrogens (tertiary/aromatic N) is 1. The minimum absolute atomic E-state index is 0.764. The van der Waals surface area contributed by atoms with Crippen molar-refractivity contribution in [2.75, 3.05) is 6.61 Å². The zero-order chi connectivity index (χ0) is 11.7. The summed E-state index contributed by atoms with van der Waals surface area (Å²) < 4.78 is 5.88. The van der Waals surface area contributed by atoms with Crippen molar-refractivity contribution in [2.45, 2.75) is 32.1 Å². The highest BCUT2D eigenvalue weighted by molar-refractivity contribution is 6.02. The van der Waals surface area contributed by atoms with Gasteiger partial charge in [0.2, 0.25) is 0 Å². The lowest BCUT2D eigenvalue weighted by Gasteiger charge is -2.20. The summed E-state index contributed by atoms with van der Waals surface area (Å²) in [6, 6.07) is 6.03. The average Bonchev–Trinajstić information content (AvgIpc) is 3.19. The molecule has 0 aromatic heterocycles. The van der Waals surface area contributed by atoms with Crippen LogP contribution in [0.3, 0.4) is 0 Å². The number of fused-ring (bicyclic) bond motifs is 1. The van der Waals surface area contributed by atoms with Crippen LogP contribution in [0.4, 0.5) is 0 Å². The molecule has 0 atom stereocenters. The first-order valence-corrected chi connectivity index (χ1v) is 6.34. The van der Waals surface area contributed by atoms with Gasteiger partial charge in [0.1, 0.15) is 5.75 Å². The topological polar surface area (TPSA) is 41.8 Å². The molecule has 1 N–H and O–H groups in total. The molecule has 0 heterocycles. The van der Waals surface area contributed by atoms with E-state index < -0.39 is 0 Å². The van der Waals surface area contributed by atoms with E-state index in [1.54, 1.807) is 0 Å². The van der Waals surface area contributed by atoms with Gasteiger partial charge in [-0.1, -0.05) is 17.3 Å². The summed E-state index contributed by atoms with van der Waals surface area (Å²) >= 11 is 0. The normalized spacial score (nSPS) is 21.3. The molecular weight excluding hydrogens is 214 g/mol. The second-order valence-electron chi connectivity index (χ2n) is 4.94. The van der Waals surface area contributed by atoms with Crippen molar-refractivity contribution in [3.63, 3.8) is 0 Å². The molecule has 0 saturated heterocycles. The van der Waals surface area contributed by atoms with Crippen LogP contribution in [0.1, 0.15) is 36.8 Å². The van der Waals surface area contributed by atoms with Crippen LogP contribution in [0.2, 0.25) is 0 Å². The Balaban J connectivity index is 1.88. The predicted octanol–water partition coefficient (Wildman–Crippen LogP) is 2.99. The lowest BCUT2D eigenvalue weighted by molar-refractivity contribution is 0.296. The van der Waals surface area contributed by atoms with Crippen molar-refractivity contribution in [1.29, 1.82) is 0 Å². The molecule has 2 aliphatic carbocycles. The van der Waals surface area contributed by atoms with Gasteiger partial charge in [0.25, 0.3) is 0 Å². The molecule has 1 saturated carbocycles. The third-order valence-corrected chi connectivity index (χ3v) is 3.58. The Kier molecular flexibility index (Phi) is 2.75. The summed E-state index contributed by atoms with van der Waals surface area (Å²) in [6.45, 7) is 0.835. The maximum absolute atomic E-state index is 9.00. The molecule has 3 heteroatoms. The van der Waals surface area contributed by atoms with E-state index in [0.717, 1.165) is 48.8 Å². The van der Waals surface area contributed by atoms with Crippen molar-refractivity contribution >= 4 is 5.71 Å². The number of hydrogen-bond donors (Lipinski definition) is 1. The quantitative estimate of drug-likeness (QED) is 0.642. The first-order chi connectivity index (χ1) is 8.38. The van der Waals surface area contributed by atoms with E-state index in [9.17, 15) is 0 Å². The van der Waals surface area contributed by atoms with E-state index in [4.69, 9.17) is 9.94 Å². The lowest BCUT2D eigenvalue weighted by Crippen LogP contribution is -2.14. The van der Waals surface area contributed by atoms with Gasteiger partial charge in [-0.3, -0.25) is 0 Å². The van der Waals surface area contributed by atoms with Crippen molar-refractivity contribution in [3.05, 3.63) is 29.3 Å². The van der Waals surface area contributed by atoms with Crippen LogP contribution in [-0.2, 0) is 6.42 Å². The van der Waals surface area contributed by atoms with E-state index >= 15 is 0 Å². The van der Waals surface area contributed by atoms with Crippen molar-refractivity contribution in [2.24, 2.45) is 11.1 Å². The maximum atomic E-state index is 9.00. The molecule has 1 aromatic rings. The monoisotopic (exact) mass is 231 g/mol. The highest BCUT2D eigenvalue weighted by Gasteiger charge is 2.24. The van der Waals surface area contributed by atoms with Crippen LogP contribution >= 0.6 is 0 Å². The fourth-order valence-corrected chi connectivity index (χ4v) is 2.39. The number of rotatable bonds is 3. The number of oxime groups is 1. The minimum atomic E-state index is 0.764. The smallest absolute Gasteiger partial charge is 0.123 e. The lowest BCUT2D eigenvalue weighted by atomic mass is 9.89. The van der Waals surface area contributed by atoms with Gasteiger partial charge in [0, 0.05) is 11.1 Å². The van der Waals surface area contributed by atoms with Crippen LogP contribution in [0.25, 0.3) is 0 Å². The molecule has 3 nitrogen and oxygen atoms in total. The van der Waals surface area contributed by atoms with Crippen molar-refractivity contribution in [1.82, 2.24) is 0 Å². The average molecular weight is 231 g/mol. The van der Waals surface area contributed by atoms with Crippen LogP contribution in [0.15, 0.2) is 23.4 Å². The zero-order valence-electron chi connectivity index (χ0n) is 9.85. The molecule has 0 spiro atoms. The molecule has 0 bridgehead atoms. The van der Waals surface area contributed by atoms with E-state index in [2.05, 4.69) is 5.16 Å². The van der Waals surface area contributed by atoms with Gasteiger partial charge in [-0.15, -0.1) is 0 Å². The van der Waals surface area contributed by atoms with E-state index in [-0.39, 0.29) is 0 Å². The molecule has 3 rings (SSSR count). The summed E-state index contributed by atoms with van der Waals surface area (Å²) in [5.41, 5.74) is 3.07. The van der Waals surface area contributed by atoms with Gasteiger partial charge < -0.3 is 9.94 Å². The number of ether oxygens (including phenoxy) is 1. The summed E-state index contributed by atoms with van der Waals surface area (Å²) in [7, 11) is 0. The number of benzene rings is 1. The zero-order valence-corrected chi connectivity index (χ0v) is 9.85. The van der Waals surface area contributed by atoms with Crippen LogP contribution in [-0.4, -0.2) is 17.5 Å². The minimum Gasteiger partial charge on any atom is -0.493 e. The highest BCUT2D eigenvalue weighted by Crippen LogP contribution is 2.33. The van der Waals surface area contributed by atoms with Crippen molar-refractivity contribution in [3.8, 4) is 5.75 Å². The largest absolute Gasteiger partial charge is 0.493 e. The Hall–Kier alpha value is -1.51. The van der Waals surface area contributed by atoms with E-state index in [1.807, 2.05) is 18.2 Å². The Morgan fingerprint density at radius 3 is 2.94 bits per heavy atom. The molecule has 90 valence electrons. The maximum Gasteiger partial charge on any atom is 0.123 e. The molecule has 0 unspecified atom stereocenters. The Morgan fingerprint density at radius 2 is 2.18 bits per heavy atom. The third kappa shape index (κ3) is 2.14. The summed E-state index contributed by atoms with van der Waals surface area (Å²) in [6.07, 6.45) is 5.53. The van der Waals surface area contributed by atoms with Crippen molar-refractivity contribution < 1.29 is 9.94 Å². The van der Waals surface area contributed by atoms with Gasteiger partial charge in [-0.2, -0.15) is 0 Å². The first kappa shape index (κ1) is 10.6. The molecule has 1 fully saturated rings. The standard InChI is InChI=1S/C14H17NO2/c16-15-13-5-1-4-12-11(13)3-2-6-14(12)17-9-10-7-8-10/h2-3,6,10,16H,1,4-5,7-9H2. The van der Waals surface area contributed by atoms with Crippen LogP contribution in [0, 0.1) is 5.92 Å². The van der Waals surface area contributed by atoms with Gasteiger partial charge >= 0.3 is 0 Å². The van der Waals surface area contributed by atoms with Crippen LogP contribution < -0.4 is 4.74 Å². The van der Waals surface area contributed by atoms with Gasteiger partial charge in [-0.05, 0) is 44.1 Å². The van der Waals surface area contributed by atoms with E-state index in [0.29, 0.717) is 0 Å². The molecule has 0 radical (unpaired) electrons. The third-order valence-electron chi connectivity index (χ3n) is 3.58. The summed E-state index contributed by atoms with van der Waals surface area (Å²) in [5, 5.41) is 12.4. The molecule has 2 aliphatic rings. The SMILES string of the molecule is ON=C1CCCc2c(OCC3CC3)cccc21. The van der Waals surface area contributed by atoms with Crippen LogP contribution in [0.5, 0.6) is 5.75 Å². The van der Waals surface area contributed by atoms with Gasteiger partial charge in [0.05, 0.1) is 12.3 Å².